The van der Waals surface area contributed by atoms with E-state index in [1.54, 1.807) is 0 Å². The van der Waals surface area contributed by atoms with Crippen LogP contribution in [-0.2, 0) is 6.42 Å². The van der Waals surface area contributed by atoms with Crippen LogP contribution in [0.4, 0.5) is 0 Å². The number of aryl methyl sites for hydroxylation is 1. The average molecular weight is 357 g/mol. The monoisotopic (exact) mass is 356 g/mol. The predicted octanol–water partition coefficient (Wildman–Crippen LogP) is 2.53. The maximum Gasteiger partial charge on any atom is 0.191 e. The summed E-state index contributed by atoms with van der Waals surface area (Å²) in [6.07, 6.45) is 4.53. The third-order valence-corrected chi connectivity index (χ3v) is 5.03. The van der Waals surface area contributed by atoms with Crippen LogP contribution in [0.3, 0.4) is 0 Å². The molecule has 2 aromatic rings. The zero-order valence-electron chi connectivity index (χ0n) is 16.1. The lowest BCUT2D eigenvalue weighted by Crippen LogP contribution is -2.39. The summed E-state index contributed by atoms with van der Waals surface area (Å²) >= 11 is 0. The molecule has 6 heteroatoms. The second-order valence-electron chi connectivity index (χ2n) is 6.88. The molecule has 3 N–H and O–H groups in total. The lowest BCUT2D eigenvalue weighted by Gasteiger charge is -2.21. The summed E-state index contributed by atoms with van der Waals surface area (Å²) in [5.74, 6) is 1.99. The number of hydrogen-bond donors (Lipinski definition) is 3. The summed E-state index contributed by atoms with van der Waals surface area (Å²) in [6, 6.07) is 8.78. The number of aromatic nitrogens is 2. The average Bonchev–Trinajstić information content (AvgIpc) is 3.28. The Bertz CT molecular complexity index is 674. The van der Waals surface area contributed by atoms with Gasteiger partial charge in [0.1, 0.15) is 5.82 Å². The number of likely N-dealkylation sites (N-methyl/N-ethyl adjacent to an activating group) is 1. The molecular formula is C20H32N6. The van der Waals surface area contributed by atoms with Crippen LogP contribution in [0.2, 0.25) is 0 Å². The van der Waals surface area contributed by atoms with Crippen LogP contribution in [0.1, 0.15) is 38.9 Å². The third-order valence-electron chi connectivity index (χ3n) is 5.03. The topological polar surface area (TPSA) is 68.3 Å². The minimum absolute atomic E-state index is 0.603. The number of aromatic amines is 1. The molecule has 0 saturated carbocycles. The number of nitrogens with one attached hydrogen (secondary N) is 3. The molecule has 3 rings (SSSR count). The van der Waals surface area contributed by atoms with Gasteiger partial charge in [-0.15, -0.1) is 0 Å². The van der Waals surface area contributed by atoms with E-state index in [0.29, 0.717) is 6.04 Å². The maximum absolute atomic E-state index is 4.80. The Labute approximate surface area is 156 Å². The van der Waals surface area contributed by atoms with Gasteiger partial charge >= 0.3 is 0 Å². The number of imidazole rings is 1. The molecule has 142 valence electrons. The molecule has 1 aliphatic heterocycles. The molecule has 0 aliphatic carbocycles. The van der Waals surface area contributed by atoms with Crippen molar-refractivity contribution in [3.05, 3.63) is 30.1 Å². The van der Waals surface area contributed by atoms with Crippen LogP contribution in [0.25, 0.3) is 11.0 Å². The van der Waals surface area contributed by atoms with Gasteiger partial charge in [0, 0.05) is 25.6 Å². The zero-order chi connectivity index (χ0) is 18.2. The van der Waals surface area contributed by atoms with E-state index < -0.39 is 0 Å². The van der Waals surface area contributed by atoms with Crippen molar-refractivity contribution in [3.63, 3.8) is 0 Å². The van der Waals surface area contributed by atoms with Crippen molar-refractivity contribution < 1.29 is 0 Å². The zero-order valence-corrected chi connectivity index (χ0v) is 16.1. The Morgan fingerprint density at radius 3 is 3.00 bits per heavy atom. The van der Waals surface area contributed by atoms with Crippen molar-refractivity contribution >= 4 is 17.0 Å². The SMILES string of the molecule is CCNC(=NCC1CCCN1CC)NCCCc1nc2ccccc2[nH]1. The molecule has 1 aromatic heterocycles. The molecule has 0 radical (unpaired) electrons. The minimum Gasteiger partial charge on any atom is -0.357 e. The Balaban J connectivity index is 1.45. The number of aliphatic imine (C=N–C) groups is 1. The number of hydrogen-bond acceptors (Lipinski definition) is 3. The number of fused-ring (bicyclic) bond motifs is 1. The van der Waals surface area contributed by atoms with Crippen molar-refractivity contribution in [1.82, 2.24) is 25.5 Å². The van der Waals surface area contributed by atoms with E-state index in [1.165, 1.54) is 19.4 Å². The first-order valence-corrected chi connectivity index (χ1v) is 10.00. The van der Waals surface area contributed by atoms with Gasteiger partial charge in [-0.05, 0) is 51.4 Å². The first kappa shape index (κ1) is 18.7. The number of para-hydroxylation sites is 2. The first-order valence-electron chi connectivity index (χ1n) is 10.00. The normalized spacial score (nSPS) is 18.5. The van der Waals surface area contributed by atoms with E-state index in [4.69, 9.17) is 4.99 Å². The number of rotatable bonds is 8. The van der Waals surface area contributed by atoms with Crippen LogP contribution < -0.4 is 10.6 Å². The second-order valence-corrected chi connectivity index (χ2v) is 6.88. The van der Waals surface area contributed by atoms with Crippen molar-refractivity contribution in [2.45, 2.75) is 45.6 Å². The molecule has 1 saturated heterocycles. The molecular weight excluding hydrogens is 324 g/mol. The summed E-state index contributed by atoms with van der Waals surface area (Å²) in [7, 11) is 0. The number of H-pyrrole nitrogens is 1. The van der Waals surface area contributed by atoms with E-state index in [2.05, 4.69) is 45.4 Å². The molecule has 1 unspecified atom stereocenters. The second kappa shape index (κ2) is 9.57. The van der Waals surface area contributed by atoms with E-state index in [-0.39, 0.29) is 0 Å². The van der Waals surface area contributed by atoms with Crippen LogP contribution in [-0.4, -0.2) is 59.6 Å². The molecule has 6 nitrogen and oxygen atoms in total. The molecule has 1 atom stereocenters. The van der Waals surface area contributed by atoms with E-state index in [9.17, 15) is 0 Å². The minimum atomic E-state index is 0.603. The van der Waals surface area contributed by atoms with Gasteiger partial charge in [0.05, 0.1) is 17.6 Å². The summed E-state index contributed by atoms with van der Waals surface area (Å²) in [4.78, 5) is 15.4. The summed E-state index contributed by atoms with van der Waals surface area (Å²) in [5, 5.41) is 6.82. The number of benzene rings is 1. The molecule has 0 amide bonds. The Morgan fingerprint density at radius 2 is 2.19 bits per heavy atom. The number of nitrogens with zero attached hydrogens (tertiary/aromatic N) is 3. The lowest BCUT2D eigenvalue weighted by molar-refractivity contribution is 0.273. The first-order chi connectivity index (χ1) is 12.8. The van der Waals surface area contributed by atoms with Gasteiger partial charge in [-0.1, -0.05) is 19.1 Å². The van der Waals surface area contributed by atoms with Gasteiger partial charge in [0.15, 0.2) is 5.96 Å². The molecule has 2 heterocycles. The van der Waals surface area contributed by atoms with Gasteiger partial charge in [-0.3, -0.25) is 9.89 Å². The Hall–Kier alpha value is -2.08. The van der Waals surface area contributed by atoms with Gasteiger partial charge in [-0.25, -0.2) is 4.98 Å². The maximum atomic E-state index is 4.80. The molecule has 1 aliphatic rings. The molecule has 1 aromatic carbocycles. The van der Waals surface area contributed by atoms with Gasteiger partial charge in [0.2, 0.25) is 0 Å². The smallest absolute Gasteiger partial charge is 0.191 e. The molecule has 0 spiro atoms. The van der Waals surface area contributed by atoms with Gasteiger partial charge < -0.3 is 15.6 Å². The van der Waals surface area contributed by atoms with Crippen molar-refractivity contribution in [2.24, 2.45) is 4.99 Å². The standard InChI is InChI=1S/C20H32N6/c1-3-21-20(23-15-16-9-8-14-26(16)4-2)22-13-7-12-19-24-17-10-5-6-11-18(17)25-19/h5-6,10-11,16H,3-4,7-9,12-15H2,1-2H3,(H,24,25)(H2,21,22,23). The summed E-state index contributed by atoms with van der Waals surface area (Å²) in [6.45, 7) is 9.36. The Kier molecular flexibility index (Phi) is 6.89. The van der Waals surface area contributed by atoms with Crippen LogP contribution in [0.5, 0.6) is 0 Å². The van der Waals surface area contributed by atoms with Gasteiger partial charge in [-0.2, -0.15) is 0 Å². The lowest BCUT2D eigenvalue weighted by atomic mass is 10.2. The number of guanidine groups is 1. The van der Waals surface area contributed by atoms with Crippen LogP contribution in [0.15, 0.2) is 29.3 Å². The quantitative estimate of drug-likeness (QED) is 0.386. The third kappa shape index (κ3) is 4.97. The summed E-state index contributed by atoms with van der Waals surface area (Å²) < 4.78 is 0. The highest BCUT2D eigenvalue weighted by molar-refractivity contribution is 5.79. The van der Waals surface area contributed by atoms with E-state index >= 15 is 0 Å². The molecule has 0 bridgehead atoms. The van der Waals surface area contributed by atoms with Crippen LogP contribution >= 0.6 is 0 Å². The Morgan fingerprint density at radius 1 is 1.31 bits per heavy atom. The predicted molar refractivity (Wildman–Crippen MR) is 109 cm³/mol. The van der Waals surface area contributed by atoms with Crippen molar-refractivity contribution in [3.8, 4) is 0 Å². The summed E-state index contributed by atoms with van der Waals surface area (Å²) in [5.41, 5.74) is 2.16. The van der Waals surface area contributed by atoms with Crippen molar-refractivity contribution in [1.29, 1.82) is 0 Å². The fourth-order valence-corrected chi connectivity index (χ4v) is 3.64. The van der Waals surface area contributed by atoms with Gasteiger partial charge in [0.25, 0.3) is 0 Å². The fourth-order valence-electron chi connectivity index (χ4n) is 3.64. The highest BCUT2D eigenvalue weighted by atomic mass is 15.2. The van der Waals surface area contributed by atoms with E-state index in [1.807, 2.05) is 18.2 Å². The van der Waals surface area contributed by atoms with E-state index in [0.717, 1.165) is 61.8 Å². The van der Waals surface area contributed by atoms with Crippen LogP contribution in [0, 0.1) is 0 Å². The number of likely N-dealkylation sites (tertiary alicyclic amines) is 1. The fraction of sp³-hybridized carbons (Fsp3) is 0.600. The van der Waals surface area contributed by atoms with Crippen molar-refractivity contribution in [2.75, 3.05) is 32.7 Å². The molecule has 1 fully saturated rings. The highest BCUT2D eigenvalue weighted by Gasteiger charge is 2.22. The molecule has 26 heavy (non-hydrogen) atoms. The highest BCUT2D eigenvalue weighted by Crippen LogP contribution is 2.16. The largest absolute Gasteiger partial charge is 0.357 e.